The van der Waals surface area contributed by atoms with E-state index in [4.69, 9.17) is 0 Å². The van der Waals surface area contributed by atoms with Crippen LogP contribution in [-0.2, 0) is 19.9 Å². The lowest BCUT2D eigenvalue weighted by Gasteiger charge is -2.22. The predicted molar refractivity (Wildman–Crippen MR) is 81.3 cm³/mol. The third kappa shape index (κ3) is 5.02. The highest BCUT2D eigenvalue weighted by Gasteiger charge is 2.16. The summed E-state index contributed by atoms with van der Waals surface area (Å²) < 4.78 is 2.35. The zero-order valence-electron chi connectivity index (χ0n) is 12.6. The van der Waals surface area contributed by atoms with Crippen LogP contribution in [-0.4, -0.2) is 33.4 Å². The fraction of sp³-hybridized carbons (Fsp3) is 0.786. The van der Waals surface area contributed by atoms with Gasteiger partial charge in [-0.05, 0) is 19.5 Å². The van der Waals surface area contributed by atoms with E-state index in [1.54, 1.807) is 0 Å². The Hall–Kier alpha value is -0.480. The van der Waals surface area contributed by atoms with Crippen molar-refractivity contribution in [2.75, 3.05) is 12.8 Å². The molecule has 1 rings (SSSR count). The van der Waals surface area contributed by atoms with Gasteiger partial charge >= 0.3 is 0 Å². The van der Waals surface area contributed by atoms with Crippen molar-refractivity contribution >= 4 is 11.8 Å². The molecule has 1 N–H and O–H groups in total. The van der Waals surface area contributed by atoms with Gasteiger partial charge < -0.3 is 5.32 Å². The van der Waals surface area contributed by atoms with Gasteiger partial charge in [0.1, 0.15) is 0 Å². The van der Waals surface area contributed by atoms with E-state index < -0.39 is 0 Å². The number of hydrogen-bond acceptors (Lipinski definition) is 3. The zero-order chi connectivity index (χ0) is 13.8. The van der Waals surface area contributed by atoms with Crippen LogP contribution in [0.15, 0.2) is 6.07 Å². The summed E-state index contributed by atoms with van der Waals surface area (Å²) >= 11 is 2.01. The number of nitrogens with zero attached hydrogens (tertiary/aromatic N) is 2. The van der Waals surface area contributed by atoms with Gasteiger partial charge in [0.05, 0.1) is 5.69 Å². The summed E-state index contributed by atoms with van der Waals surface area (Å²) in [4.78, 5) is 0. The third-order valence-corrected chi connectivity index (χ3v) is 4.41. The van der Waals surface area contributed by atoms with Gasteiger partial charge in [-0.2, -0.15) is 16.9 Å². The Labute approximate surface area is 116 Å². The van der Waals surface area contributed by atoms with E-state index in [0.717, 1.165) is 18.6 Å². The highest BCUT2D eigenvalue weighted by Crippen LogP contribution is 2.24. The second-order valence-electron chi connectivity index (χ2n) is 5.72. The van der Waals surface area contributed by atoms with E-state index in [0.29, 0.717) is 10.8 Å². The van der Waals surface area contributed by atoms with Gasteiger partial charge in [0.15, 0.2) is 0 Å². The number of hydrogen-bond donors (Lipinski definition) is 1. The molecular weight excluding hydrogens is 242 g/mol. The van der Waals surface area contributed by atoms with E-state index >= 15 is 0 Å². The average molecular weight is 269 g/mol. The number of nitrogens with one attached hydrogen (secondary N) is 1. The number of likely N-dealkylation sites (N-methyl/N-ethyl adjacent to an activating group) is 1. The largest absolute Gasteiger partial charge is 0.316 e. The lowest BCUT2D eigenvalue weighted by molar-refractivity contribution is 0.579. The van der Waals surface area contributed by atoms with Crippen LogP contribution in [0.2, 0.25) is 0 Å². The maximum absolute atomic E-state index is 4.51. The first-order chi connectivity index (χ1) is 8.35. The Morgan fingerprint density at radius 3 is 2.56 bits per heavy atom. The Balaban J connectivity index is 2.59. The third-order valence-electron chi connectivity index (χ3n) is 2.97. The summed E-state index contributed by atoms with van der Waals surface area (Å²) in [5.41, 5.74) is 2.51. The number of rotatable bonds is 6. The van der Waals surface area contributed by atoms with Crippen LogP contribution in [0.5, 0.6) is 0 Å². The predicted octanol–water partition coefficient (Wildman–Crippen LogP) is 2.64. The smallest absolute Gasteiger partial charge is 0.0624 e. The maximum Gasteiger partial charge on any atom is 0.0624 e. The maximum atomic E-state index is 4.51. The Kier molecular flexibility index (Phi) is 5.73. The SMILES string of the molecule is CCc1cc(CC(CSC(C)(C)C)NC)n(C)n1. The Morgan fingerprint density at radius 1 is 1.44 bits per heavy atom. The van der Waals surface area contributed by atoms with Gasteiger partial charge in [-0.25, -0.2) is 0 Å². The number of aryl methyl sites for hydroxylation is 2. The highest BCUT2D eigenvalue weighted by molar-refractivity contribution is 8.00. The normalized spacial score (nSPS) is 13.9. The minimum Gasteiger partial charge on any atom is -0.316 e. The second kappa shape index (κ2) is 6.62. The average Bonchev–Trinajstić information content (AvgIpc) is 2.64. The topological polar surface area (TPSA) is 29.9 Å². The molecule has 1 aromatic heterocycles. The number of thioether (sulfide) groups is 1. The van der Waals surface area contributed by atoms with Gasteiger partial charge in [0, 0.05) is 35.7 Å². The Morgan fingerprint density at radius 2 is 2.11 bits per heavy atom. The fourth-order valence-corrected chi connectivity index (χ4v) is 2.77. The van der Waals surface area contributed by atoms with Crippen molar-refractivity contribution in [2.24, 2.45) is 7.05 Å². The van der Waals surface area contributed by atoms with Gasteiger partial charge in [-0.1, -0.05) is 27.7 Å². The molecule has 0 aliphatic carbocycles. The molecule has 3 nitrogen and oxygen atoms in total. The number of aromatic nitrogens is 2. The minimum absolute atomic E-state index is 0.330. The van der Waals surface area contributed by atoms with E-state index in [1.165, 1.54) is 11.4 Å². The molecule has 4 heteroatoms. The van der Waals surface area contributed by atoms with Gasteiger partial charge in [-0.3, -0.25) is 4.68 Å². The highest BCUT2D eigenvalue weighted by atomic mass is 32.2. The summed E-state index contributed by atoms with van der Waals surface area (Å²) in [6.45, 7) is 8.95. The molecule has 0 saturated heterocycles. The monoisotopic (exact) mass is 269 g/mol. The van der Waals surface area contributed by atoms with Gasteiger partial charge in [0.2, 0.25) is 0 Å². The summed E-state index contributed by atoms with van der Waals surface area (Å²) in [7, 11) is 4.09. The summed E-state index contributed by atoms with van der Waals surface area (Å²) in [6.07, 6.45) is 2.05. The quantitative estimate of drug-likeness (QED) is 0.861. The first kappa shape index (κ1) is 15.6. The van der Waals surface area contributed by atoms with Crippen LogP contribution < -0.4 is 5.32 Å². The molecule has 0 aliphatic heterocycles. The molecule has 1 heterocycles. The first-order valence-electron chi connectivity index (χ1n) is 6.68. The van der Waals surface area contributed by atoms with Crippen molar-refractivity contribution in [2.45, 2.75) is 51.3 Å². The molecule has 1 unspecified atom stereocenters. The second-order valence-corrected chi connectivity index (χ2v) is 7.56. The van der Waals surface area contributed by atoms with Crippen LogP contribution in [0.4, 0.5) is 0 Å². The molecule has 0 fully saturated rings. The van der Waals surface area contributed by atoms with E-state index in [1.807, 2.05) is 30.5 Å². The van der Waals surface area contributed by atoms with E-state index in [2.05, 4.69) is 44.2 Å². The van der Waals surface area contributed by atoms with Crippen molar-refractivity contribution < 1.29 is 0 Å². The van der Waals surface area contributed by atoms with Gasteiger partial charge in [-0.15, -0.1) is 0 Å². The summed E-state index contributed by atoms with van der Waals surface area (Å²) in [5, 5.41) is 7.92. The standard InChI is InChI=1S/C14H27N3S/c1-7-11-8-13(17(6)16-11)9-12(15-5)10-18-14(2,3)4/h8,12,15H,7,9-10H2,1-6H3. The van der Waals surface area contributed by atoms with Crippen molar-refractivity contribution in [3.05, 3.63) is 17.5 Å². The molecular formula is C14H27N3S. The van der Waals surface area contributed by atoms with E-state index in [9.17, 15) is 0 Å². The van der Waals surface area contributed by atoms with E-state index in [-0.39, 0.29) is 0 Å². The molecule has 0 bridgehead atoms. The van der Waals surface area contributed by atoms with Crippen molar-refractivity contribution in [1.82, 2.24) is 15.1 Å². The Bertz CT molecular complexity index is 366. The van der Waals surface area contributed by atoms with Crippen LogP contribution in [0.25, 0.3) is 0 Å². The summed E-state index contributed by atoms with van der Waals surface area (Å²) in [5.74, 6) is 1.13. The molecule has 0 aliphatic rings. The molecule has 0 saturated carbocycles. The van der Waals surface area contributed by atoms with Crippen LogP contribution in [0, 0.1) is 0 Å². The van der Waals surface area contributed by atoms with Crippen LogP contribution in [0.3, 0.4) is 0 Å². The lowest BCUT2D eigenvalue weighted by Crippen LogP contribution is -2.32. The molecule has 0 radical (unpaired) electrons. The molecule has 104 valence electrons. The van der Waals surface area contributed by atoms with Crippen molar-refractivity contribution in [1.29, 1.82) is 0 Å². The van der Waals surface area contributed by atoms with Gasteiger partial charge in [0.25, 0.3) is 0 Å². The lowest BCUT2D eigenvalue weighted by atomic mass is 10.1. The van der Waals surface area contributed by atoms with Crippen molar-refractivity contribution in [3.8, 4) is 0 Å². The van der Waals surface area contributed by atoms with Crippen LogP contribution in [0.1, 0.15) is 39.1 Å². The molecule has 18 heavy (non-hydrogen) atoms. The molecule has 0 aromatic carbocycles. The molecule has 1 aromatic rings. The summed E-state index contributed by atoms with van der Waals surface area (Å²) in [6, 6.07) is 2.74. The molecule has 1 atom stereocenters. The van der Waals surface area contributed by atoms with Crippen LogP contribution >= 0.6 is 11.8 Å². The molecule has 0 amide bonds. The molecule has 0 spiro atoms. The first-order valence-corrected chi connectivity index (χ1v) is 7.67. The van der Waals surface area contributed by atoms with Crippen molar-refractivity contribution in [3.63, 3.8) is 0 Å². The zero-order valence-corrected chi connectivity index (χ0v) is 13.4. The minimum atomic E-state index is 0.330. The fourth-order valence-electron chi connectivity index (χ4n) is 1.78.